The Morgan fingerprint density at radius 2 is 2.05 bits per heavy atom. The van der Waals surface area contributed by atoms with Crippen LogP contribution in [-0.2, 0) is 4.79 Å². The van der Waals surface area contributed by atoms with Crippen LogP contribution in [0, 0.1) is 11.8 Å². The molecule has 5 nitrogen and oxygen atoms in total. The van der Waals surface area contributed by atoms with E-state index in [1.54, 1.807) is 0 Å². The molecule has 0 bridgehead atoms. The summed E-state index contributed by atoms with van der Waals surface area (Å²) in [6, 6.07) is 0.276. The fraction of sp³-hybridized carbons (Fsp3) is 0.933. The summed E-state index contributed by atoms with van der Waals surface area (Å²) in [6.45, 7) is 6.60. The molecule has 1 aliphatic carbocycles. The maximum absolute atomic E-state index is 12.7. The molecule has 116 valence electrons. The number of nitrogens with zero attached hydrogens (tertiary/aromatic N) is 2. The van der Waals surface area contributed by atoms with Crippen molar-refractivity contribution in [2.45, 2.75) is 38.6 Å². The van der Waals surface area contributed by atoms with Gasteiger partial charge >= 0.3 is 0 Å². The van der Waals surface area contributed by atoms with E-state index in [4.69, 9.17) is 10.8 Å². The average Bonchev–Trinajstić information content (AvgIpc) is 2.64. The highest BCUT2D eigenvalue weighted by molar-refractivity contribution is 5.79. The molecule has 1 heterocycles. The highest BCUT2D eigenvalue weighted by Gasteiger charge is 2.34. The number of β-amino-alcohol motifs (C(OH)–C–C–N with tert-alkyl or cyclic N) is 1. The van der Waals surface area contributed by atoms with Crippen LogP contribution in [0.1, 0.15) is 32.6 Å². The third-order valence-corrected chi connectivity index (χ3v) is 4.84. The third kappa shape index (κ3) is 3.93. The molecule has 2 fully saturated rings. The number of amides is 1. The Morgan fingerprint density at radius 3 is 2.75 bits per heavy atom. The first kappa shape index (κ1) is 15.7. The first-order valence-electron chi connectivity index (χ1n) is 7.99. The topological polar surface area (TPSA) is 69.8 Å². The Morgan fingerprint density at radius 1 is 1.25 bits per heavy atom. The highest BCUT2D eigenvalue weighted by Crippen LogP contribution is 2.30. The van der Waals surface area contributed by atoms with Crippen molar-refractivity contribution in [3.8, 4) is 0 Å². The van der Waals surface area contributed by atoms with Crippen LogP contribution in [0.4, 0.5) is 0 Å². The Labute approximate surface area is 122 Å². The van der Waals surface area contributed by atoms with Crippen LogP contribution < -0.4 is 5.73 Å². The van der Waals surface area contributed by atoms with Gasteiger partial charge in [0.05, 0.1) is 6.61 Å². The van der Waals surface area contributed by atoms with Gasteiger partial charge in [0.25, 0.3) is 0 Å². The summed E-state index contributed by atoms with van der Waals surface area (Å²) >= 11 is 0. The average molecular weight is 283 g/mol. The SMILES string of the molecule is CC1CC(N)CCC1C(=O)N1CCCN(CCO)CC1. The van der Waals surface area contributed by atoms with Crippen molar-refractivity contribution in [2.24, 2.45) is 17.6 Å². The number of hydrogen-bond acceptors (Lipinski definition) is 4. The predicted octanol–water partition coefficient (Wildman–Crippen LogP) is 0.277. The van der Waals surface area contributed by atoms with Gasteiger partial charge in [-0.05, 0) is 38.1 Å². The van der Waals surface area contributed by atoms with Gasteiger partial charge in [-0.1, -0.05) is 6.92 Å². The van der Waals surface area contributed by atoms with Crippen molar-refractivity contribution in [3.63, 3.8) is 0 Å². The molecule has 0 aromatic carbocycles. The molecule has 2 aliphatic rings. The van der Waals surface area contributed by atoms with E-state index in [-0.39, 0.29) is 18.6 Å². The van der Waals surface area contributed by atoms with E-state index in [0.29, 0.717) is 11.8 Å². The Balaban J connectivity index is 1.89. The van der Waals surface area contributed by atoms with E-state index in [0.717, 1.165) is 58.4 Å². The van der Waals surface area contributed by atoms with Crippen LogP contribution in [0.3, 0.4) is 0 Å². The number of rotatable bonds is 3. The maximum Gasteiger partial charge on any atom is 0.225 e. The van der Waals surface area contributed by atoms with Crippen molar-refractivity contribution < 1.29 is 9.90 Å². The van der Waals surface area contributed by atoms with Gasteiger partial charge in [0.1, 0.15) is 0 Å². The third-order valence-electron chi connectivity index (χ3n) is 4.84. The number of carbonyl (C=O) groups excluding carboxylic acids is 1. The minimum Gasteiger partial charge on any atom is -0.395 e. The minimum atomic E-state index is 0.166. The lowest BCUT2D eigenvalue weighted by Gasteiger charge is -2.35. The lowest BCUT2D eigenvalue weighted by Crippen LogP contribution is -2.44. The number of hydrogen-bond donors (Lipinski definition) is 2. The van der Waals surface area contributed by atoms with E-state index in [1.165, 1.54) is 0 Å². The van der Waals surface area contributed by atoms with Gasteiger partial charge in [-0.2, -0.15) is 0 Å². The fourth-order valence-corrected chi connectivity index (χ4v) is 3.60. The zero-order chi connectivity index (χ0) is 14.5. The molecule has 3 atom stereocenters. The number of aliphatic hydroxyl groups excluding tert-OH is 1. The molecule has 0 aromatic heterocycles. The van der Waals surface area contributed by atoms with E-state index in [2.05, 4.69) is 11.8 Å². The molecular formula is C15H29N3O2. The van der Waals surface area contributed by atoms with Crippen LogP contribution >= 0.6 is 0 Å². The predicted molar refractivity (Wildman–Crippen MR) is 79.2 cm³/mol. The standard InChI is InChI=1S/C15H29N3O2/c1-12-11-13(16)3-4-14(12)15(20)18-6-2-5-17(7-8-18)9-10-19/h12-14,19H,2-11,16H2,1H3. The largest absolute Gasteiger partial charge is 0.395 e. The van der Waals surface area contributed by atoms with Crippen molar-refractivity contribution in [1.29, 1.82) is 0 Å². The monoisotopic (exact) mass is 283 g/mol. The molecule has 1 saturated carbocycles. The van der Waals surface area contributed by atoms with Crippen molar-refractivity contribution >= 4 is 5.91 Å². The van der Waals surface area contributed by atoms with Gasteiger partial charge in [0.2, 0.25) is 5.91 Å². The fourth-order valence-electron chi connectivity index (χ4n) is 3.60. The number of nitrogens with two attached hydrogens (primary N) is 1. The second-order valence-electron chi connectivity index (χ2n) is 6.40. The smallest absolute Gasteiger partial charge is 0.225 e. The summed E-state index contributed by atoms with van der Waals surface area (Å²) in [5.41, 5.74) is 5.99. The molecule has 20 heavy (non-hydrogen) atoms. The summed E-state index contributed by atoms with van der Waals surface area (Å²) in [6.07, 6.45) is 3.90. The van der Waals surface area contributed by atoms with Gasteiger partial charge in [0.15, 0.2) is 0 Å². The molecule has 1 aliphatic heterocycles. The summed E-state index contributed by atoms with van der Waals surface area (Å²) in [4.78, 5) is 17.0. The summed E-state index contributed by atoms with van der Waals surface area (Å²) < 4.78 is 0. The molecule has 1 amide bonds. The van der Waals surface area contributed by atoms with Crippen LogP contribution in [0.15, 0.2) is 0 Å². The zero-order valence-electron chi connectivity index (χ0n) is 12.6. The molecule has 2 rings (SSSR count). The van der Waals surface area contributed by atoms with Crippen LogP contribution in [-0.4, -0.2) is 66.2 Å². The van der Waals surface area contributed by atoms with E-state index in [1.807, 2.05) is 4.90 Å². The quantitative estimate of drug-likeness (QED) is 0.780. The van der Waals surface area contributed by atoms with Gasteiger partial charge in [-0.15, -0.1) is 0 Å². The molecule has 1 saturated heterocycles. The van der Waals surface area contributed by atoms with Gasteiger partial charge in [0, 0.05) is 38.1 Å². The molecule has 0 radical (unpaired) electrons. The van der Waals surface area contributed by atoms with Crippen molar-refractivity contribution in [1.82, 2.24) is 9.80 Å². The summed E-state index contributed by atoms with van der Waals surface area (Å²) in [7, 11) is 0. The normalized spacial score (nSPS) is 33.0. The molecule has 0 aromatic rings. The first-order valence-corrected chi connectivity index (χ1v) is 7.99. The van der Waals surface area contributed by atoms with Crippen LogP contribution in [0.5, 0.6) is 0 Å². The number of carbonyl (C=O) groups is 1. The molecule has 0 spiro atoms. The van der Waals surface area contributed by atoms with Crippen molar-refractivity contribution in [3.05, 3.63) is 0 Å². The first-order chi connectivity index (χ1) is 9.61. The van der Waals surface area contributed by atoms with E-state index >= 15 is 0 Å². The van der Waals surface area contributed by atoms with Crippen molar-refractivity contribution in [2.75, 3.05) is 39.3 Å². The summed E-state index contributed by atoms with van der Waals surface area (Å²) in [5, 5.41) is 9.01. The second-order valence-corrected chi connectivity index (χ2v) is 6.40. The molecule has 5 heteroatoms. The Bertz CT molecular complexity index is 324. The zero-order valence-corrected chi connectivity index (χ0v) is 12.6. The van der Waals surface area contributed by atoms with Gasteiger partial charge in [-0.3, -0.25) is 9.69 Å². The minimum absolute atomic E-state index is 0.166. The van der Waals surface area contributed by atoms with Crippen LogP contribution in [0.2, 0.25) is 0 Å². The summed E-state index contributed by atoms with van der Waals surface area (Å²) in [5.74, 6) is 0.900. The maximum atomic E-state index is 12.7. The second kappa shape index (κ2) is 7.38. The lowest BCUT2D eigenvalue weighted by molar-refractivity contribution is -0.138. The highest BCUT2D eigenvalue weighted by atomic mass is 16.3. The molecule has 3 unspecified atom stereocenters. The molecular weight excluding hydrogens is 254 g/mol. The van der Waals surface area contributed by atoms with E-state index < -0.39 is 0 Å². The molecule has 3 N–H and O–H groups in total. The Kier molecular flexibility index (Phi) is 5.81. The number of aliphatic hydroxyl groups is 1. The Hall–Kier alpha value is -0.650. The van der Waals surface area contributed by atoms with Gasteiger partial charge < -0.3 is 15.7 Å². The van der Waals surface area contributed by atoms with Crippen LogP contribution in [0.25, 0.3) is 0 Å². The van der Waals surface area contributed by atoms with E-state index in [9.17, 15) is 4.79 Å². The van der Waals surface area contributed by atoms with Gasteiger partial charge in [-0.25, -0.2) is 0 Å². The lowest BCUT2D eigenvalue weighted by atomic mass is 9.77.